The molecule has 0 aliphatic carbocycles. The molecule has 3 heteroatoms. The Labute approximate surface area is 101 Å². The number of rotatable bonds is 3. The van der Waals surface area contributed by atoms with E-state index in [0.29, 0.717) is 0 Å². The third kappa shape index (κ3) is 1.72. The van der Waals surface area contributed by atoms with Crippen LogP contribution in [0.15, 0.2) is 0 Å². The summed E-state index contributed by atoms with van der Waals surface area (Å²) in [6, 6.07) is 0. The van der Waals surface area contributed by atoms with Gasteiger partial charge in [0.1, 0.15) is 0 Å². The van der Waals surface area contributed by atoms with Crippen molar-refractivity contribution in [1.29, 1.82) is 0 Å². The van der Waals surface area contributed by atoms with Crippen LogP contribution in [0.1, 0.15) is 65.7 Å². The maximum atomic E-state index is 6.52. The molecule has 1 radical (unpaired) electrons. The van der Waals surface area contributed by atoms with E-state index >= 15 is 0 Å². The number of nitrogens with two attached hydrogens (primary N) is 1. The Morgan fingerprint density at radius 3 is 2.19 bits per heavy atom. The quantitative estimate of drug-likeness (QED) is 0.745. The van der Waals surface area contributed by atoms with E-state index < -0.39 is 0 Å². The normalized spacial score (nSPS) is 39.5. The van der Waals surface area contributed by atoms with Gasteiger partial charge in [0.25, 0.3) is 0 Å². The molecule has 0 aromatic rings. The van der Waals surface area contributed by atoms with Crippen molar-refractivity contribution in [2.45, 2.75) is 76.8 Å². The molecule has 2 aliphatic rings. The maximum Gasteiger partial charge on any atom is 0.243 e. The number of hydrogen-bond acceptors (Lipinski definition) is 2. The Bertz CT molecular complexity index is 253. The fourth-order valence-corrected chi connectivity index (χ4v) is 3.53. The average Bonchev–Trinajstić information content (AvgIpc) is 2.29. The highest BCUT2D eigenvalue weighted by Gasteiger charge is 2.54. The molecule has 2 N–H and O–H groups in total. The highest BCUT2D eigenvalue weighted by molar-refractivity contribution is 6.35. The molecule has 2 heterocycles. The van der Waals surface area contributed by atoms with E-state index in [1.54, 1.807) is 0 Å². The van der Waals surface area contributed by atoms with Gasteiger partial charge in [0.2, 0.25) is 7.41 Å². The third-order valence-corrected chi connectivity index (χ3v) is 5.18. The highest BCUT2D eigenvalue weighted by Crippen LogP contribution is 2.53. The minimum absolute atomic E-state index is 0.0775. The van der Waals surface area contributed by atoms with Crippen LogP contribution in [0.25, 0.3) is 0 Å². The summed E-state index contributed by atoms with van der Waals surface area (Å²) in [5, 5.41) is 0. The van der Waals surface area contributed by atoms with Crippen LogP contribution in [0, 0.1) is 5.41 Å². The van der Waals surface area contributed by atoms with Crippen molar-refractivity contribution in [2.24, 2.45) is 11.1 Å². The fourth-order valence-electron chi connectivity index (χ4n) is 3.53. The Balaban J connectivity index is 2.27. The van der Waals surface area contributed by atoms with Crippen LogP contribution in [0.4, 0.5) is 0 Å². The van der Waals surface area contributed by atoms with Crippen LogP contribution in [-0.2, 0) is 4.74 Å². The van der Waals surface area contributed by atoms with E-state index in [9.17, 15) is 0 Å². The summed E-state index contributed by atoms with van der Waals surface area (Å²) in [4.78, 5) is 0. The molecule has 2 fully saturated rings. The lowest BCUT2D eigenvalue weighted by molar-refractivity contribution is -0.232. The van der Waals surface area contributed by atoms with Gasteiger partial charge < -0.3 is 10.4 Å². The van der Waals surface area contributed by atoms with Crippen LogP contribution in [0.5, 0.6) is 0 Å². The molecule has 0 atom stereocenters. The Kier molecular flexibility index (Phi) is 3.13. The van der Waals surface area contributed by atoms with E-state index in [4.69, 9.17) is 10.4 Å². The molecular weight excluding hydrogens is 197 g/mol. The van der Waals surface area contributed by atoms with Crippen molar-refractivity contribution in [2.75, 3.05) is 0 Å². The van der Waals surface area contributed by atoms with E-state index in [1.165, 1.54) is 32.1 Å². The highest BCUT2D eigenvalue weighted by atomic mass is 16.5. The lowest BCUT2D eigenvalue weighted by Gasteiger charge is -2.58. The van der Waals surface area contributed by atoms with Gasteiger partial charge in [-0.1, -0.05) is 20.8 Å². The van der Waals surface area contributed by atoms with E-state index in [2.05, 4.69) is 20.8 Å². The molecule has 16 heavy (non-hydrogen) atoms. The number of fused-ring (bicyclic) bond motifs is 2. The summed E-state index contributed by atoms with van der Waals surface area (Å²) < 4.78 is 6.52. The molecule has 0 aromatic carbocycles. The molecule has 2 aliphatic heterocycles. The van der Waals surface area contributed by atoms with Gasteiger partial charge in [-0.2, -0.15) is 0 Å². The summed E-state index contributed by atoms with van der Waals surface area (Å²) in [7, 11) is 1.83. The zero-order chi connectivity index (χ0) is 11.9. The van der Waals surface area contributed by atoms with Crippen LogP contribution in [0.3, 0.4) is 0 Å². The van der Waals surface area contributed by atoms with Gasteiger partial charge in [0.05, 0.1) is 11.1 Å². The van der Waals surface area contributed by atoms with Crippen LogP contribution < -0.4 is 5.64 Å². The van der Waals surface area contributed by atoms with Crippen molar-refractivity contribution in [3.05, 3.63) is 0 Å². The van der Waals surface area contributed by atoms with Gasteiger partial charge in [-0.05, 0) is 50.4 Å². The minimum atomic E-state index is -0.108. The standard InChI is InChI=1S/C13H25BNO/c1-4-11(2,3)12-7-5-9-13(14-15,16-12)10-6-8-12/h4-10,15H2,1-3H3. The molecule has 2 nitrogen and oxygen atoms in total. The second kappa shape index (κ2) is 4.02. The summed E-state index contributed by atoms with van der Waals surface area (Å²) in [5.41, 5.74) is 6.07. The van der Waals surface area contributed by atoms with Crippen molar-refractivity contribution in [3.63, 3.8) is 0 Å². The van der Waals surface area contributed by atoms with Crippen LogP contribution in [-0.4, -0.2) is 18.5 Å². The topological polar surface area (TPSA) is 35.2 Å². The molecule has 0 amide bonds. The Hall–Kier alpha value is -0.0151. The third-order valence-electron chi connectivity index (χ3n) is 5.18. The minimum Gasteiger partial charge on any atom is -0.375 e. The molecule has 0 unspecified atom stereocenters. The molecular formula is C13H25BNO. The maximum absolute atomic E-state index is 6.52. The Morgan fingerprint density at radius 2 is 1.75 bits per heavy atom. The second-order valence-electron chi connectivity index (χ2n) is 6.27. The van der Waals surface area contributed by atoms with Crippen molar-refractivity contribution >= 4 is 7.41 Å². The summed E-state index contributed by atoms with van der Waals surface area (Å²) >= 11 is 0. The SMILES string of the molecule is CCC(C)(C)C12CCCC([B]N)(CCC1)O2. The van der Waals surface area contributed by atoms with E-state index in [-0.39, 0.29) is 16.5 Å². The first-order valence-electron chi connectivity index (χ1n) is 6.76. The van der Waals surface area contributed by atoms with Crippen molar-refractivity contribution in [1.82, 2.24) is 0 Å². The van der Waals surface area contributed by atoms with Gasteiger partial charge in [-0.15, -0.1) is 0 Å². The summed E-state index contributed by atoms with van der Waals surface area (Å²) in [6.45, 7) is 6.98. The number of ether oxygens (including phenoxy) is 1. The zero-order valence-electron chi connectivity index (χ0n) is 11.0. The monoisotopic (exact) mass is 222 g/mol. The molecule has 2 saturated heterocycles. The van der Waals surface area contributed by atoms with Gasteiger partial charge >= 0.3 is 0 Å². The molecule has 0 saturated carbocycles. The average molecular weight is 222 g/mol. The molecule has 0 spiro atoms. The van der Waals surface area contributed by atoms with E-state index in [0.717, 1.165) is 12.8 Å². The first-order valence-corrected chi connectivity index (χ1v) is 6.76. The second-order valence-corrected chi connectivity index (χ2v) is 6.27. The molecule has 91 valence electrons. The lowest BCUT2D eigenvalue weighted by Crippen LogP contribution is -2.62. The van der Waals surface area contributed by atoms with Gasteiger partial charge in [-0.25, -0.2) is 0 Å². The zero-order valence-corrected chi connectivity index (χ0v) is 11.0. The first-order chi connectivity index (χ1) is 7.49. The largest absolute Gasteiger partial charge is 0.375 e. The summed E-state index contributed by atoms with van der Waals surface area (Å²) in [6.07, 6.45) is 8.35. The Morgan fingerprint density at radius 1 is 1.19 bits per heavy atom. The summed E-state index contributed by atoms with van der Waals surface area (Å²) in [5.74, 6) is 0. The lowest BCUT2D eigenvalue weighted by atomic mass is 9.56. The fraction of sp³-hybridized carbons (Fsp3) is 1.00. The molecule has 2 rings (SSSR count). The van der Waals surface area contributed by atoms with Crippen LogP contribution >= 0.6 is 0 Å². The van der Waals surface area contributed by atoms with Crippen molar-refractivity contribution in [3.8, 4) is 0 Å². The smallest absolute Gasteiger partial charge is 0.243 e. The first kappa shape index (κ1) is 12.4. The number of hydrogen-bond donors (Lipinski definition) is 1. The van der Waals surface area contributed by atoms with Gasteiger partial charge in [0.15, 0.2) is 0 Å². The van der Waals surface area contributed by atoms with Gasteiger partial charge in [-0.3, -0.25) is 0 Å². The van der Waals surface area contributed by atoms with Gasteiger partial charge in [0, 0.05) is 0 Å². The molecule has 2 bridgehead atoms. The predicted octanol–water partition coefficient (Wildman–Crippen LogP) is 2.82. The van der Waals surface area contributed by atoms with Crippen molar-refractivity contribution < 1.29 is 4.74 Å². The predicted molar refractivity (Wildman–Crippen MR) is 68.3 cm³/mol. The van der Waals surface area contributed by atoms with Crippen LogP contribution in [0.2, 0.25) is 0 Å². The molecule has 0 aromatic heterocycles. The van der Waals surface area contributed by atoms with E-state index in [1.807, 2.05) is 7.41 Å².